The predicted octanol–water partition coefficient (Wildman–Crippen LogP) is 3.40. The lowest BCUT2D eigenvalue weighted by Crippen LogP contribution is -2.09. The fourth-order valence-corrected chi connectivity index (χ4v) is 1.69. The lowest BCUT2D eigenvalue weighted by Gasteiger charge is -2.12. The molecule has 3 heteroatoms. The summed E-state index contributed by atoms with van der Waals surface area (Å²) >= 11 is 0. The first kappa shape index (κ1) is 16.9. The van der Waals surface area contributed by atoms with Crippen molar-refractivity contribution < 1.29 is 15.0 Å². The average Bonchev–Trinajstić information content (AvgIpc) is 2.29. The van der Waals surface area contributed by atoms with Crippen LogP contribution in [-0.4, -0.2) is 22.8 Å². The highest BCUT2D eigenvalue weighted by Crippen LogP contribution is 2.17. The standard InChI is InChI=1S/C15H26O3/c1-11(2)14(10-16)9-8-12(3)6-5-7-13(4)15(17)18/h8,13-14,16H,1,5-7,9-10H2,2-4H3,(H,17,18)/b12-8+/t13-,14+/m0/s1. The highest BCUT2D eigenvalue weighted by atomic mass is 16.4. The van der Waals surface area contributed by atoms with E-state index < -0.39 is 5.97 Å². The average molecular weight is 254 g/mol. The molecule has 0 rings (SSSR count). The Balaban J connectivity index is 3.98. The van der Waals surface area contributed by atoms with Crippen molar-refractivity contribution in [3.63, 3.8) is 0 Å². The molecule has 0 bridgehead atoms. The van der Waals surface area contributed by atoms with Gasteiger partial charge in [0.05, 0.1) is 5.92 Å². The van der Waals surface area contributed by atoms with Crippen LogP contribution in [0.2, 0.25) is 0 Å². The van der Waals surface area contributed by atoms with E-state index in [-0.39, 0.29) is 18.4 Å². The van der Waals surface area contributed by atoms with E-state index in [1.165, 1.54) is 5.57 Å². The number of carboxylic acids is 1. The minimum atomic E-state index is -0.723. The van der Waals surface area contributed by atoms with Gasteiger partial charge in [-0.25, -0.2) is 0 Å². The van der Waals surface area contributed by atoms with Crippen molar-refractivity contribution in [3.8, 4) is 0 Å². The van der Waals surface area contributed by atoms with E-state index >= 15 is 0 Å². The van der Waals surface area contributed by atoms with Gasteiger partial charge in [0.15, 0.2) is 0 Å². The van der Waals surface area contributed by atoms with Crippen LogP contribution in [0.4, 0.5) is 0 Å². The van der Waals surface area contributed by atoms with Crippen LogP contribution in [-0.2, 0) is 4.79 Å². The molecule has 0 aromatic carbocycles. The molecule has 0 aromatic rings. The van der Waals surface area contributed by atoms with Gasteiger partial charge in [-0.15, -0.1) is 0 Å². The van der Waals surface area contributed by atoms with E-state index in [0.29, 0.717) is 6.42 Å². The van der Waals surface area contributed by atoms with Crippen LogP contribution >= 0.6 is 0 Å². The molecule has 2 N–H and O–H groups in total. The van der Waals surface area contributed by atoms with Crippen LogP contribution in [0.1, 0.15) is 46.5 Å². The molecule has 0 fully saturated rings. The van der Waals surface area contributed by atoms with Crippen LogP contribution < -0.4 is 0 Å². The van der Waals surface area contributed by atoms with E-state index in [2.05, 4.69) is 19.6 Å². The van der Waals surface area contributed by atoms with Crippen molar-refractivity contribution in [1.29, 1.82) is 0 Å². The van der Waals surface area contributed by atoms with Crippen molar-refractivity contribution in [2.45, 2.75) is 46.5 Å². The molecule has 0 aliphatic rings. The summed E-state index contributed by atoms with van der Waals surface area (Å²) in [6.07, 6.45) is 5.47. The Morgan fingerprint density at radius 3 is 2.44 bits per heavy atom. The second-order valence-electron chi connectivity index (χ2n) is 5.14. The van der Waals surface area contributed by atoms with E-state index in [0.717, 1.165) is 24.8 Å². The number of hydrogen-bond donors (Lipinski definition) is 2. The lowest BCUT2D eigenvalue weighted by molar-refractivity contribution is -0.141. The largest absolute Gasteiger partial charge is 0.481 e. The quantitative estimate of drug-likeness (QED) is 0.620. The number of aliphatic hydroxyl groups excluding tert-OH is 1. The third-order valence-electron chi connectivity index (χ3n) is 3.30. The van der Waals surface area contributed by atoms with Crippen LogP contribution in [0.3, 0.4) is 0 Å². The molecule has 3 nitrogen and oxygen atoms in total. The van der Waals surface area contributed by atoms with E-state index in [9.17, 15) is 4.79 Å². The van der Waals surface area contributed by atoms with E-state index in [1.807, 2.05) is 6.92 Å². The number of carboxylic acid groups (broad SMARTS) is 1. The zero-order chi connectivity index (χ0) is 14.1. The van der Waals surface area contributed by atoms with Crippen molar-refractivity contribution in [3.05, 3.63) is 23.8 Å². The Morgan fingerprint density at radius 1 is 1.39 bits per heavy atom. The number of hydrogen-bond acceptors (Lipinski definition) is 2. The monoisotopic (exact) mass is 254 g/mol. The summed E-state index contributed by atoms with van der Waals surface area (Å²) in [6.45, 7) is 9.71. The van der Waals surface area contributed by atoms with Crippen molar-refractivity contribution in [2.24, 2.45) is 11.8 Å². The maximum absolute atomic E-state index is 10.7. The summed E-state index contributed by atoms with van der Waals surface area (Å²) in [5.41, 5.74) is 2.26. The molecule has 104 valence electrons. The van der Waals surface area contributed by atoms with Gasteiger partial charge in [0.2, 0.25) is 0 Å². The first-order valence-corrected chi connectivity index (χ1v) is 6.53. The highest BCUT2D eigenvalue weighted by Gasteiger charge is 2.10. The van der Waals surface area contributed by atoms with Gasteiger partial charge in [0.25, 0.3) is 0 Å². The molecule has 0 spiro atoms. The second-order valence-corrected chi connectivity index (χ2v) is 5.14. The molecule has 18 heavy (non-hydrogen) atoms. The lowest BCUT2D eigenvalue weighted by atomic mass is 9.96. The molecule has 0 aliphatic carbocycles. The number of allylic oxidation sites excluding steroid dienone is 2. The zero-order valence-corrected chi connectivity index (χ0v) is 11.8. The van der Waals surface area contributed by atoms with E-state index in [1.54, 1.807) is 6.92 Å². The number of aliphatic carboxylic acids is 1. The fourth-order valence-electron chi connectivity index (χ4n) is 1.69. The van der Waals surface area contributed by atoms with Gasteiger partial charge in [-0.1, -0.05) is 30.7 Å². The van der Waals surface area contributed by atoms with Crippen LogP contribution in [0, 0.1) is 11.8 Å². The topological polar surface area (TPSA) is 57.5 Å². The summed E-state index contributed by atoms with van der Waals surface area (Å²) in [5.74, 6) is -0.851. The first-order valence-electron chi connectivity index (χ1n) is 6.53. The normalized spacial score (nSPS) is 15.2. The van der Waals surface area contributed by atoms with Gasteiger partial charge < -0.3 is 10.2 Å². The Hall–Kier alpha value is -1.09. The summed E-state index contributed by atoms with van der Waals surface area (Å²) in [6, 6.07) is 0. The maximum Gasteiger partial charge on any atom is 0.306 e. The molecule has 0 amide bonds. The number of aliphatic hydroxyl groups is 1. The minimum absolute atomic E-state index is 0.134. The molecular formula is C15H26O3. The first-order chi connectivity index (χ1) is 8.38. The predicted molar refractivity (Wildman–Crippen MR) is 74.4 cm³/mol. The molecule has 0 aromatic heterocycles. The van der Waals surface area contributed by atoms with Crippen molar-refractivity contribution in [1.82, 2.24) is 0 Å². The number of carbonyl (C=O) groups is 1. The third kappa shape index (κ3) is 7.28. The number of rotatable bonds is 9. The van der Waals surface area contributed by atoms with Crippen LogP contribution in [0.25, 0.3) is 0 Å². The SMILES string of the molecule is C=C(C)[C@@H](CO)C/C=C(\C)CCC[C@H](C)C(=O)O. The Labute approximate surface area is 110 Å². The zero-order valence-electron chi connectivity index (χ0n) is 11.8. The highest BCUT2D eigenvalue weighted by molar-refractivity contribution is 5.69. The minimum Gasteiger partial charge on any atom is -0.481 e. The summed E-state index contributed by atoms with van der Waals surface area (Å²) in [5, 5.41) is 17.9. The van der Waals surface area contributed by atoms with Crippen molar-refractivity contribution in [2.75, 3.05) is 6.61 Å². The Morgan fingerprint density at radius 2 is 2.00 bits per heavy atom. The molecular weight excluding hydrogens is 228 g/mol. The van der Waals surface area contributed by atoms with Gasteiger partial charge in [-0.2, -0.15) is 0 Å². The smallest absolute Gasteiger partial charge is 0.306 e. The van der Waals surface area contributed by atoms with E-state index in [4.69, 9.17) is 10.2 Å². The Bertz CT molecular complexity index is 305. The van der Waals surface area contributed by atoms with Gasteiger partial charge >= 0.3 is 5.97 Å². The van der Waals surface area contributed by atoms with Crippen LogP contribution in [0.15, 0.2) is 23.8 Å². The van der Waals surface area contributed by atoms with Crippen LogP contribution in [0.5, 0.6) is 0 Å². The van der Waals surface area contributed by atoms with Crippen molar-refractivity contribution >= 4 is 5.97 Å². The molecule has 0 aliphatic heterocycles. The summed E-state index contributed by atoms with van der Waals surface area (Å²) in [7, 11) is 0. The van der Waals surface area contributed by atoms with Gasteiger partial charge in [-0.05, 0) is 39.5 Å². The van der Waals surface area contributed by atoms with Gasteiger partial charge in [-0.3, -0.25) is 4.79 Å². The molecule has 0 unspecified atom stereocenters. The summed E-state index contributed by atoms with van der Waals surface area (Å²) < 4.78 is 0. The molecule has 0 saturated carbocycles. The molecule has 2 atom stereocenters. The molecule has 0 heterocycles. The maximum atomic E-state index is 10.7. The third-order valence-corrected chi connectivity index (χ3v) is 3.30. The van der Waals surface area contributed by atoms with Gasteiger partial charge in [0, 0.05) is 12.5 Å². The second kappa shape index (κ2) is 8.92. The molecule has 0 saturated heterocycles. The molecule has 0 radical (unpaired) electrons. The summed E-state index contributed by atoms with van der Waals surface area (Å²) in [4.78, 5) is 10.7. The fraction of sp³-hybridized carbons (Fsp3) is 0.667. The Kier molecular flexibility index (Phi) is 8.38. The van der Waals surface area contributed by atoms with Gasteiger partial charge in [0.1, 0.15) is 0 Å².